The van der Waals surface area contributed by atoms with Gasteiger partial charge >= 0.3 is 0 Å². The van der Waals surface area contributed by atoms with E-state index < -0.39 is 0 Å². The summed E-state index contributed by atoms with van der Waals surface area (Å²) < 4.78 is 12.8. The minimum atomic E-state index is -0.203. The van der Waals surface area contributed by atoms with E-state index in [4.69, 9.17) is 21.1 Å². The number of aromatic nitrogens is 2. The van der Waals surface area contributed by atoms with E-state index in [-0.39, 0.29) is 5.91 Å². The molecule has 0 atom stereocenters. The van der Waals surface area contributed by atoms with Gasteiger partial charge in [0.1, 0.15) is 5.15 Å². The van der Waals surface area contributed by atoms with Gasteiger partial charge in [-0.3, -0.25) is 9.48 Å². The van der Waals surface area contributed by atoms with Crippen molar-refractivity contribution in [2.75, 3.05) is 67.7 Å². The highest BCUT2D eigenvalue weighted by molar-refractivity contribution is 6.31. The molecule has 2 saturated heterocycles. The lowest BCUT2D eigenvalue weighted by Crippen LogP contribution is -2.38. The molecule has 3 heterocycles. The van der Waals surface area contributed by atoms with E-state index >= 15 is 0 Å². The summed E-state index contributed by atoms with van der Waals surface area (Å²) in [5.74, 6) is -0.203. The number of morpholine rings is 2. The molecular weight excluding hydrogens is 454 g/mol. The van der Waals surface area contributed by atoms with Crippen molar-refractivity contribution >= 4 is 40.6 Å². The Morgan fingerprint density at radius 1 is 1.12 bits per heavy atom. The number of unbranched alkanes of at least 4 members (excludes halogenated alkanes) is 1. The Balaban J connectivity index is 1.52. The van der Waals surface area contributed by atoms with Gasteiger partial charge in [0.25, 0.3) is 0 Å². The van der Waals surface area contributed by atoms with Crippen molar-refractivity contribution < 1.29 is 14.3 Å². The first-order valence-electron chi connectivity index (χ1n) is 12.1. The first kappa shape index (κ1) is 24.6. The van der Waals surface area contributed by atoms with Gasteiger partial charge < -0.3 is 24.6 Å². The van der Waals surface area contributed by atoms with Crippen molar-refractivity contribution in [3.05, 3.63) is 40.7 Å². The molecular formula is C25H34ClN5O3. The number of carbonyl (C=O) groups is 1. The summed E-state index contributed by atoms with van der Waals surface area (Å²) in [4.78, 5) is 17.5. The Morgan fingerprint density at radius 3 is 2.47 bits per heavy atom. The minimum Gasteiger partial charge on any atom is -0.378 e. The fraction of sp³-hybridized carbons (Fsp3) is 0.520. The van der Waals surface area contributed by atoms with Gasteiger partial charge in [-0.25, -0.2) is 0 Å². The average Bonchev–Trinajstić information content (AvgIpc) is 3.14. The van der Waals surface area contributed by atoms with Gasteiger partial charge in [-0.1, -0.05) is 24.9 Å². The molecule has 0 saturated carbocycles. The number of anilines is 3. The summed E-state index contributed by atoms with van der Waals surface area (Å²) in [5, 5.41) is 8.14. The molecule has 9 heteroatoms. The Morgan fingerprint density at radius 2 is 1.79 bits per heavy atom. The second kappa shape index (κ2) is 11.7. The smallest absolute Gasteiger partial charge is 0.248 e. The third-order valence-corrected chi connectivity index (χ3v) is 6.60. The van der Waals surface area contributed by atoms with Crippen LogP contribution in [0.4, 0.5) is 17.1 Å². The zero-order valence-electron chi connectivity index (χ0n) is 20.1. The monoisotopic (exact) mass is 487 g/mol. The Hall–Kier alpha value is -2.55. The van der Waals surface area contributed by atoms with Crippen LogP contribution in [0, 0.1) is 6.92 Å². The van der Waals surface area contributed by atoms with E-state index in [1.54, 1.807) is 10.8 Å². The number of rotatable bonds is 8. The van der Waals surface area contributed by atoms with Crippen LogP contribution in [0.3, 0.4) is 0 Å². The SMILES string of the molecule is CCCCn1nc(C)c(/C=C/C(=O)Nc2ccc(N3CCOCC3)cc2N2CCOCC2)c1Cl. The number of ether oxygens (including phenoxy) is 2. The molecule has 184 valence electrons. The van der Waals surface area contributed by atoms with E-state index in [1.165, 1.54) is 6.08 Å². The van der Waals surface area contributed by atoms with Crippen molar-refractivity contribution in [3.63, 3.8) is 0 Å². The number of hydrogen-bond acceptors (Lipinski definition) is 6. The van der Waals surface area contributed by atoms with Crippen LogP contribution in [-0.2, 0) is 20.8 Å². The molecule has 0 unspecified atom stereocenters. The van der Waals surface area contributed by atoms with E-state index in [0.29, 0.717) is 18.4 Å². The molecule has 1 N–H and O–H groups in total. The summed E-state index contributed by atoms with van der Waals surface area (Å²) in [6, 6.07) is 6.21. The number of nitrogens with zero attached hydrogens (tertiary/aromatic N) is 4. The first-order valence-corrected chi connectivity index (χ1v) is 12.5. The van der Waals surface area contributed by atoms with Gasteiger partial charge in [-0.05, 0) is 37.6 Å². The average molecular weight is 488 g/mol. The number of amides is 1. The number of aryl methyl sites for hydroxylation is 2. The van der Waals surface area contributed by atoms with Crippen LogP contribution in [0.15, 0.2) is 24.3 Å². The zero-order chi connectivity index (χ0) is 23.9. The maximum Gasteiger partial charge on any atom is 0.248 e. The first-order chi connectivity index (χ1) is 16.6. The predicted molar refractivity (Wildman–Crippen MR) is 137 cm³/mol. The van der Waals surface area contributed by atoms with Crippen LogP contribution in [0.2, 0.25) is 5.15 Å². The lowest BCUT2D eigenvalue weighted by Gasteiger charge is -2.33. The van der Waals surface area contributed by atoms with E-state index in [9.17, 15) is 4.79 Å². The molecule has 0 bridgehead atoms. The van der Waals surface area contributed by atoms with Gasteiger partial charge in [0.2, 0.25) is 5.91 Å². The van der Waals surface area contributed by atoms with Crippen LogP contribution in [-0.4, -0.2) is 68.3 Å². The van der Waals surface area contributed by atoms with Crippen LogP contribution < -0.4 is 15.1 Å². The molecule has 34 heavy (non-hydrogen) atoms. The third kappa shape index (κ3) is 5.92. The number of hydrogen-bond donors (Lipinski definition) is 1. The second-order valence-corrected chi connectivity index (χ2v) is 8.95. The van der Waals surface area contributed by atoms with Crippen molar-refractivity contribution in [1.29, 1.82) is 0 Å². The van der Waals surface area contributed by atoms with Crippen molar-refractivity contribution in [2.24, 2.45) is 0 Å². The molecule has 0 radical (unpaired) electrons. The molecule has 4 rings (SSSR count). The lowest BCUT2D eigenvalue weighted by atomic mass is 10.1. The zero-order valence-corrected chi connectivity index (χ0v) is 20.8. The van der Waals surface area contributed by atoms with Gasteiger partial charge in [-0.2, -0.15) is 5.10 Å². The highest BCUT2D eigenvalue weighted by atomic mass is 35.5. The van der Waals surface area contributed by atoms with Crippen LogP contribution >= 0.6 is 11.6 Å². The number of halogens is 1. The summed E-state index contributed by atoms with van der Waals surface area (Å²) in [6.07, 6.45) is 5.35. The Labute approximate surface area is 206 Å². The van der Waals surface area contributed by atoms with E-state index in [2.05, 4.69) is 39.3 Å². The lowest BCUT2D eigenvalue weighted by molar-refractivity contribution is -0.111. The normalized spacial score (nSPS) is 16.9. The molecule has 8 nitrogen and oxygen atoms in total. The molecule has 0 aliphatic carbocycles. The molecule has 1 aromatic carbocycles. The van der Waals surface area contributed by atoms with Crippen molar-refractivity contribution in [3.8, 4) is 0 Å². The predicted octanol–water partition coefficient (Wildman–Crippen LogP) is 3.97. The number of nitrogens with one attached hydrogen (secondary N) is 1. The second-order valence-electron chi connectivity index (χ2n) is 8.59. The molecule has 1 aromatic heterocycles. The summed E-state index contributed by atoms with van der Waals surface area (Å²) in [7, 11) is 0. The largest absolute Gasteiger partial charge is 0.378 e. The molecule has 0 spiro atoms. The fourth-order valence-electron chi connectivity index (χ4n) is 4.26. The van der Waals surface area contributed by atoms with Crippen LogP contribution in [0.1, 0.15) is 31.0 Å². The maximum atomic E-state index is 12.9. The van der Waals surface area contributed by atoms with Crippen molar-refractivity contribution in [2.45, 2.75) is 33.2 Å². The van der Waals surface area contributed by atoms with E-state index in [1.807, 2.05) is 13.0 Å². The molecule has 2 aliphatic heterocycles. The molecule has 2 aliphatic rings. The minimum absolute atomic E-state index is 0.203. The highest BCUT2D eigenvalue weighted by Gasteiger charge is 2.19. The fourth-order valence-corrected chi connectivity index (χ4v) is 4.58. The molecule has 2 aromatic rings. The summed E-state index contributed by atoms with van der Waals surface area (Å²) in [5.41, 5.74) is 4.53. The summed E-state index contributed by atoms with van der Waals surface area (Å²) in [6.45, 7) is 10.9. The van der Waals surface area contributed by atoms with Gasteiger partial charge in [0, 0.05) is 50.1 Å². The molecule has 1 amide bonds. The Kier molecular flexibility index (Phi) is 8.48. The standard InChI is InChI=1S/C25H34ClN5O3/c1-3-4-9-31-25(26)21(19(2)28-31)6-8-24(32)27-22-7-5-20(29-10-14-33-15-11-29)18-23(22)30-12-16-34-17-13-30/h5-8,18H,3-4,9-17H2,1-2H3,(H,27,32)/b8-6+. The summed E-state index contributed by atoms with van der Waals surface area (Å²) >= 11 is 6.51. The number of benzene rings is 1. The van der Waals surface area contributed by atoms with Gasteiger partial charge in [-0.15, -0.1) is 0 Å². The van der Waals surface area contributed by atoms with Crippen LogP contribution in [0.5, 0.6) is 0 Å². The third-order valence-electron chi connectivity index (χ3n) is 6.20. The molecule has 2 fully saturated rings. The topological polar surface area (TPSA) is 71.9 Å². The Bertz CT molecular complexity index is 1010. The quantitative estimate of drug-likeness (QED) is 0.568. The van der Waals surface area contributed by atoms with Gasteiger partial charge in [0.05, 0.1) is 43.5 Å². The van der Waals surface area contributed by atoms with E-state index in [0.717, 1.165) is 87.1 Å². The number of carbonyl (C=O) groups excluding carboxylic acids is 1. The van der Waals surface area contributed by atoms with Crippen LogP contribution in [0.25, 0.3) is 6.08 Å². The highest BCUT2D eigenvalue weighted by Crippen LogP contribution is 2.32. The maximum absolute atomic E-state index is 12.9. The van der Waals surface area contributed by atoms with Crippen molar-refractivity contribution in [1.82, 2.24) is 9.78 Å². The van der Waals surface area contributed by atoms with Gasteiger partial charge in [0.15, 0.2) is 0 Å².